The van der Waals surface area contributed by atoms with Gasteiger partial charge in [0.05, 0.1) is 14.3 Å². The Morgan fingerprint density at radius 2 is 1.63 bits per heavy atom. The van der Waals surface area contributed by atoms with Crippen LogP contribution in [0.4, 0.5) is 0 Å². The maximum absolute atomic E-state index is 11.7. The van der Waals surface area contributed by atoms with Crippen LogP contribution in [0.15, 0.2) is 30.3 Å². The highest BCUT2D eigenvalue weighted by Gasteiger charge is 2.28. The van der Waals surface area contributed by atoms with Gasteiger partial charge in [-0.1, -0.05) is 57.1 Å². The molecule has 0 bridgehead atoms. The minimum absolute atomic E-state index is 0.00830. The summed E-state index contributed by atoms with van der Waals surface area (Å²) in [6, 6.07) is 12.8. The number of benzene rings is 1. The molecule has 0 fully saturated rings. The van der Waals surface area contributed by atoms with E-state index in [1.807, 2.05) is 30.3 Å². The van der Waals surface area contributed by atoms with Crippen LogP contribution in [-0.2, 0) is 9.53 Å². The third-order valence-electron chi connectivity index (χ3n) is 3.89. The molecule has 1 rings (SSSR count). The van der Waals surface area contributed by atoms with Crippen molar-refractivity contribution in [2.75, 3.05) is 12.8 Å². The van der Waals surface area contributed by atoms with E-state index in [2.05, 4.69) is 20.8 Å². The van der Waals surface area contributed by atoms with Gasteiger partial charge >= 0.3 is 5.97 Å². The molecule has 0 radical (unpaired) electrons. The second kappa shape index (κ2) is 7.99. The summed E-state index contributed by atoms with van der Waals surface area (Å²) in [5.41, 5.74) is 0. The molecule has 0 aromatic heterocycles. The van der Waals surface area contributed by atoms with Gasteiger partial charge in [-0.25, -0.2) is 4.79 Å². The van der Waals surface area contributed by atoms with Gasteiger partial charge in [-0.2, -0.15) is 0 Å². The van der Waals surface area contributed by atoms with Crippen LogP contribution >= 0.6 is 0 Å². The normalized spacial score (nSPS) is 11.1. The van der Waals surface area contributed by atoms with E-state index in [1.165, 1.54) is 0 Å². The maximum atomic E-state index is 11.7. The molecule has 19 heavy (non-hydrogen) atoms. The first-order valence-electron chi connectivity index (χ1n) is 6.99. The van der Waals surface area contributed by atoms with Crippen molar-refractivity contribution in [1.82, 2.24) is 0 Å². The lowest BCUT2D eigenvalue weighted by Crippen LogP contribution is -2.39. The molecular formula is C15H24O3Si. The van der Waals surface area contributed by atoms with E-state index in [9.17, 15) is 4.79 Å². The number of para-hydroxylation sites is 1. The second-order valence-electron chi connectivity index (χ2n) is 4.82. The van der Waals surface area contributed by atoms with Gasteiger partial charge in [-0.15, -0.1) is 0 Å². The SMILES string of the molecule is CC[Si](CC)(CC)COC(=O)COc1ccccc1. The van der Waals surface area contributed by atoms with Crippen molar-refractivity contribution in [2.24, 2.45) is 0 Å². The molecule has 0 aliphatic rings. The predicted molar refractivity (Wildman–Crippen MR) is 80.1 cm³/mol. The van der Waals surface area contributed by atoms with Gasteiger partial charge in [0.15, 0.2) is 6.61 Å². The van der Waals surface area contributed by atoms with Gasteiger partial charge in [-0.05, 0) is 12.1 Å². The van der Waals surface area contributed by atoms with Crippen molar-refractivity contribution >= 4 is 14.0 Å². The molecule has 0 unspecified atom stereocenters. The van der Waals surface area contributed by atoms with E-state index >= 15 is 0 Å². The van der Waals surface area contributed by atoms with Crippen LogP contribution in [-0.4, -0.2) is 26.9 Å². The van der Waals surface area contributed by atoms with E-state index in [0.29, 0.717) is 12.0 Å². The molecule has 0 amide bonds. The minimum Gasteiger partial charge on any atom is -0.482 e. The standard InChI is InChI=1S/C15H24O3Si/c1-4-19(5-2,6-3)13-18-15(16)12-17-14-10-8-7-9-11-14/h7-11H,4-6,12-13H2,1-3H3. The van der Waals surface area contributed by atoms with Crippen molar-refractivity contribution in [3.63, 3.8) is 0 Å². The lowest BCUT2D eigenvalue weighted by molar-refractivity contribution is -0.144. The molecule has 0 aliphatic heterocycles. The van der Waals surface area contributed by atoms with Gasteiger partial charge in [0.25, 0.3) is 0 Å². The number of hydrogen-bond acceptors (Lipinski definition) is 3. The van der Waals surface area contributed by atoms with Crippen molar-refractivity contribution in [2.45, 2.75) is 38.9 Å². The Kier molecular flexibility index (Phi) is 6.63. The molecule has 0 saturated heterocycles. The van der Waals surface area contributed by atoms with Crippen LogP contribution < -0.4 is 4.74 Å². The van der Waals surface area contributed by atoms with Crippen molar-refractivity contribution in [1.29, 1.82) is 0 Å². The van der Waals surface area contributed by atoms with Crippen LogP contribution in [0.1, 0.15) is 20.8 Å². The van der Waals surface area contributed by atoms with Crippen LogP contribution in [0, 0.1) is 0 Å². The summed E-state index contributed by atoms with van der Waals surface area (Å²) in [7, 11) is -1.39. The molecule has 1 aromatic rings. The summed E-state index contributed by atoms with van der Waals surface area (Å²) in [6.45, 7) is 6.60. The monoisotopic (exact) mass is 280 g/mol. The zero-order chi connectivity index (χ0) is 14.1. The van der Waals surface area contributed by atoms with Gasteiger partial charge < -0.3 is 9.47 Å². The lowest BCUT2D eigenvalue weighted by atomic mass is 10.3. The molecular weight excluding hydrogens is 256 g/mol. The molecule has 3 nitrogen and oxygen atoms in total. The largest absolute Gasteiger partial charge is 0.482 e. The summed E-state index contributed by atoms with van der Waals surface area (Å²) in [5.74, 6) is 0.431. The number of hydrogen-bond donors (Lipinski definition) is 0. The van der Waals surface area contributed by atoms with Crippen molar-refractivity contribution in [3.8, 4) is 5.75 Å². The summed E-state index contributed by atoms with van der Waals surface area (Å²) >= 11 is 0. The summed E-state index contributed by atoms with van der Waals surface area (Å²) in [4.78, 5) is 11.7. The fraction of sp³-hybridized carbons (Fsp3) is 0.533. The Hall–Kier alpha value is -1.29. The highest BCUT2D eigenvalue weighted by molar-refractivity contribution is 6.79. The van der Waals surface area contributed by atoms with E-state index in [1.54, 1.807) is 0 Å². The topological polar surface area (TPSA) is 35.5 Å². The summed E-state index contributed by atoms with van der Waals surface area (Å²) in [6.07, 6.45) is 0.619. The Morgan fingerprint density at radius 1 is 1.05 bits per heavy atom. The van der Waals surface area contributed by atoms with Crippen LogP contribution in [0.5, 0.6) is 5.75 Å². The van der Waals surface area contributed by atoms with Gasteiger partial charge in [0, 0.05) is 0 Å². The minimum atomic E-state index is -1.39. The molecule has 1 aromatic carbocycles. The molecule has 0 atom stereocenters. The third kappa shape index (κ3) is 5.07. The zero-order valence-electron chi connectivity index (χ0n) is 12.1. The van der Waals surface area contributed by atoms with Crippen LogP contribution in [0.3, 0.4) is 0 Å². The fourth-order valence-electron chi connectivity index (χ4n) is 1.99. The molecule has 0 N–H and O–H groups in total. The van der Waals surface area contributed by atoms with E-state index in [0.717, 1.165) is 18.1 Å². The highest BCUT2D eigenvalue weighted by atomic mass is 28.3. The summed E-state index contributed by atoms with van der Waals surface area (Å²) < 4.78 is 10.8. The molecule has 4 heteroatoms. The predicted octanol–water partition coefficient (Wildman–Crippen LogP) is 3.66. The quantitative estimate of drug-likeness (QED) is 0.538. The Labute approximate surface area is 116 Å². The number of esters is 1. The first kappa shape index (κ1) is 15.8. The third-order valence-corrected chi connectivity index (χ3v) is 9.15. The van der Waals surface area contributed by atoms with Gasteiger partial charge in [0.1, 0.15) is 5.75 Å². The number of rotatable bonds is 8. The first-order chi connectivity index (χ1) is 9.15. The summed E-state index contributed by atoms with van der Waals surface area (Å²) in [5, 5.41) is 0. The van der Waals surface area contributed by atoms with E-state index in [4.69, 9.17) is 9.47 Å². The fourth-order valence-corrected chi connectivity index (χ4v) is 4.57. The van der Waals surface area contributed by atoms with Crippen LogP contribution in [0.2, 0.25) is 18.1 Å². The van der Waals surface area contributed by atoms with E-state index < -0.39 is 8.07 Å². The smallest absolute Gasteiger partial charge is 0.343 e. The second-order valence-corrected chi connectivity index (χ2v) is 10.2. The Bertz CT molecular complexity index is 366. The van der Waals surface area contributed by atoms with Gasteiger partial charge in [-0.3, -0.25) is 0 Å². The number of ether oxygens (including phenoxy) is 2. The molecule has 0 spiro atoms. The first-order valence-corrected chi connectivity index (χ1v) is 9.82. The average Bonchev–Trinajstić information content (AvgIpc) is 2.48. The zero-order valence-corrected chi connectivity index (χ0v) is 13.1. The van der Waals surface area contributed by atoms with Crippen LogP contribution in [0.25, 0.3) is 0 Å². The number of carbonyl (C=O) groups excluding carboxylic acids is 1. The van der Waals surface area contributed by atoms with Crippen molar-refractivity contribution in [3.05, 3.63) is 30.3 Å². The molecule has 0 saturated carbocycles. The highest BCUT2D eigenvalue weighted by Crippen LogP contribution is 2.20. The average molecular weight is 280 g/mol. The van der Waals surface area contributed by atoms with Crippen molar-refractivity contribution < 1.29 is 14.3 Å². The molecule has 0 heterocycles. The number of carbonyl (C=O) groups is 1. The molecule has 106 valence electrons. The van der Waals surface area contributed by atoms with Gasteiger partial charge in [0.2, 0.25) is 0 Å². The lowest BCUT2D eigenvalue weighted by Gasteiger charge is -2.26. The molecule has 0 aliphatic carbocycles. The van der Waals surface area contributed by atoms with E-state index in [-0.39, 0.29) is 12.6 Å². The Balaban J connectivity index is 2.35. The maximum Gasteiger partial charge on any atom is 0.343 e. The Morgan fingerprint density at radius 3 is 2.16 bits per heavy atom.